The summed E-state index contributed by atoms with van der Waals surface area (Å²) in [6.45, 7) is 4.01. The van der Waals surface area contributed by atoms with Gasteiger partial charge in [-0.15, -0.1) is 0 Å². The Labute approximate surface area is 114 Å². The van der Waals surface area contributed by atoms with Crippen LogP contribution in [0, 0.1) is 6.92 Å². The third-order valence-corrected chi connectivity index (χ3v) is 3.77. The normalized spacial score (nSPS) is 13.7. The zero-order valence-corrected chi connectivity index (χ0v) is 11.8. The average molecular weight is 256 g/mol. The van der Waals surface area contributed by atoms with Crippen molar-refractivity contribution in [3.8, 4) is 0 Å². The third-order valence-electron chi connectivity index (χ3n) is 3.77. The molecule has 1 aliphatic rings. The molecule has 0 amide bonds. The van der Waals surface area contributed by atoms with Crippen LogP contribution >= 0.6 is 0 Å². The lowest BCUT2D eigenvalue weighted by Crippen LogP contribution is -2.12. The van der Waals surface area contributed by atoms with Crippen molar-refractivity contribution in [2.45, 2.75) is 19.9 Å². The Balaban J connectivity index is 1.73. The molecule has 0 saturated heterocycles. The van der Waals surface area contributed by atoms with Crippen molar-refractivity contribution in [3.63, 3.8) is 0 Å². The van der Waals surface area contributed by atoms with Gasteiger partial charge in [-0.25, -0.2) is 0 Å². The third kappa shape index (κ3) is 2.30. The summed E-state index contributed by atoms with van der Waals surface area (Å²) in [7, 11) is 4.10. The molecule has 0 unspecified atom stereocenters. The van der Waals surface area contributed by atoms with Gasteiger partial charge in [0.25, 0.3) is 0 Å². The minimum atomic E-state index is 0.851. The Morgan fingerprint density at radius 2 is 2.16 bits per heavy atom. The van der Waals surface area contributed by atoms with Gasteiger partial charge in [0.2, 0.25) is 0 Å². The van der Waals surface area contributed by atoms with Crippen molar-refractivity contribution < 1.29 is 0 Å². The second-order valence-electron chi connectivity index (χ2n) is 5.29. The molecule has 4 nitrogen and oxygen atoms in total. The van der Waals surface area contributed by atoms with E-state index in [4.69, 9.17) is 0 Å². The standard InChI is InChI=1S/C15H20N4/c1-11-14(10-19(3)17-11)16-9-12-4-5-15-13(8-12)6-7-18(15)2/h4-5,8,10,16H,6-7,9H2,1-3H3. The maximum Gasteiger partial charge on any atom is 0.0825 e. The number of rotatable bonds is 3. The van der Waals surface area contributed by atoms with Gasteiger partial charge in [0.1, 0.15) is 0 Å². The van der Waals surface area contributed by atoms with Gasteiger partial charge in [0.15, 0.2) is 0 Å². The summed E-state index contributed by atoms with van der Waals surface area (Å²) < 4.78 is 1.84. The molecule has 1 N–H and O–H groups in total. The van der Waals surface area contributed by atoms with Crippen LogP contribution < -0.4 is 10.2 Å². The molecule has 0 atom stereocenters. The van der Waals surface area contributed by atoms with Crippen LogP contribution in [-0.2, 0) is 20.0 Å². The van der Waals surface area contributed by atoms with Gasteiger partial charge >= 0.3 is 0 Å². The van der Waals surface area contributed by atoms with Crippen molar-refractivity contribution >= 4 is 11.4 Å². The monoisotopic (exact) mass is 256 g/mol. The minimum absolute atomic E-state index is 0.851. The number of fused-ring (bicyclic) bond motifs is 1. The molecule has 19 heavy (non-hydrogen) atoms. The van der Waals surface area contributed by atoms with Crippen molar-refractivity contribution in [1.82, 2.24) is 9.78 Å². The second kappa shape index (κ2) is 4.61. The van der Waals surface area contributed by atoms with Crippen LogP contribution in [0.25, 0.3) is 0 Å². The van der Waals surface area contributed by atoms with E-state index in [9.17, 15) is 0 Å². The number of aryl methyl sites for hydroxylation is 2. The lowest BCUT2D eigenvalue weighted by atomic mass is 10.1. The minimum Gasteiger partial charge on any atom is -0.378 e. The first-order valence-corrected chi connectivity index (χ1v) is 6.70. The predicted octanol–water partition coefficient (Wildman–Crippen LogP) is 2.33. The van der Waals surface area contributed by atoms with E-state index in [1.807, 2.05) is 24.9 Å². The van der Waals surface area contributed by atoms with Crippen LogP contribution in [-0.4, -0.2) is 23.4 Å². The highest BCUT2D eigenvalue weighted by Crippen LogP contribution is 2.27. The lowest BCUT2D eigenvalue weighted by Gasteiger charge is -2.12. The SMILES string of the molecule is Cc1nn(C)cc1NCc1ccc2c(c1)CCN2C. The van der Waals surface area contributed by atoms with E-state index in [0.717, 1.165) is 30.9 Å². The van der Waals surface area contributed by atoms with Gasteiger partial charge in [-0.3, -0.25) is 4.68 Å². The Morgan fingerprint density at radius 3 is 2.89 bits per heavy atom. The van der Waals surface area contributed by atoms with Crippen LogP contribution in [0.3, 0.4) is 0 Å². The molecule has 2 heterocycles. The number of likely N-dealkylation sites (N-methyl/N-ethyl adjacent to an activating group) is 1. The molecule has 100 valence electrons. The van der Waals surface area contributed by atoms with E-state index in [2.05, 4.69) is 40.6 Å². The topological polar surface area (TPSA) is 33.1 Å². The van der Waals surface area contributed by atoms with Gasteiger partial charge in [-0.1, -0.05) is 12.1 Å². The van der Waals surface area contributed by atoms with Crippen LogP contribution in [0.4, 0.5) is 11.4 Å². The van der Waals surface area contributed by atoms with Crippen LogP contribution in [0.1, 0.15) is 16.8 Å². The number of aromatic nitrogens is 2. The van der Waals surface area contributed by atoms with E-state index >= 15 is 0 Å². The molecule has 2 aromatic rings. The van der Waals surface area contributed by atoms with Gasteiger partial charge in [-0.2, -0.15) is 5.10 Å². The summed E-state index contributed by atoms with van der Waals surface area (Å²) >= 11 is 0. The van der Waals surface area contributed by atoms with Crippen molar-refractivity contribution in [3.05, 3.63) is 41.2 Å². The number of hydrogen-bond acceptors (Lipinski definition) is 3. The molecule has 0 fully saturated rings. The molecule has 3 rings (SSSR count). The van der Waals surface area contributed by atoms with Gasteiger partial charge in [-0.05, 0) is 30.5 Å². The van der Waals surface area contributed by atoms with Gasteiger partial charge in [0, 0.05) is 39.1 Å². The first-order chi connectivity index (χ1) is 9.13. The van der Waals surface area contributed by atoms with E-state index in [-0.39, 0.29) is 0 Å². The zero-order chi connectivity index (χ0) is 13.4. The van der Waals surface area contributed by atoms with Gasteiger partial charge < -0.3 is 10.2 Å². The van der Waals surface area contributed by atoms with Crippen molar-refractivity contribution in [2.24, 2.45) is 7.05 Å². The summed E-state index contributed by atoms with van der Waals surface area (Å²) in [5.41, 5.74) is 6.33. The Bertz CT molecular complexity index is 600. The Hall–Kier alpha value is -1.97. The van der Waals surface area contributed by atoms with Gasteiger partial charge in [0.05, 0.1) is 11.4 Å². The molecular formula is C15H20N4. The smallest absolute Gasteiger partial charge is 0.0825 e. The summed E-state index contributed by atoms with van der Waals surface area (Å²) in [6, 6.07) is 6.76. The molecule has 0 bridgehead atoms. The highest BCUT2D eigenvalue weighted by molar-refractivity contribution is 5.58. The molecule has 4 heteroatoms. The highest BCUT2D eigenvalue weighted by atomic mass is 15.3. The molecular weight excluding hydrogens is 236 g/mol. The quantitative estimate of drug-likeness (QED) is 0.915. The highest BCUT2D eigenvalue weighted by Gasteiger charge is 2.15. The first-order valence-electron chi connectivity index (χ1n) is 6.70. The second-order valence-corrected chi connectivity index (χ2v) is 5.29. The van der Waals surface area contributed by atoms with Crippen molar-refractivity contribution in [2.75, 3.05) is 23.8 Å². The largest absolute Gasteiger partial charge is 0.378 e. The number of anilines is 2. The van der Waals surface area contributed by atoms with Crippen molar-refractivity contribution in [1.29, 1.82) is 0 Å². The molecule has 1 aromatic heterocycles. The van der Waals surface area contributed by atoms with Crippen LogP contribution in [0.5, 0.6) is 0 Å². The molecule has 0 spiro atoms. The molecule has 1 aliphatic heterocycles. The summed E-state index contributed by atoms with van der Waals surface area (Å²) in [5.74, 6) is 0. The zero-order valence-electron chi connectivity index (χ0n) is 11.8. The average Bonchev–Trinajstić information content (AvgIpc) is 2.90. The number of hydrogen-bond donors (Lipinski definition) is 1. The number of benzene rings is 1. The van der Waals surface area contributed by atoms with E-state index in [0.29, 0.717) is 0 Å². The number of nitrogens with zero attached hydrogens (tertiary/aromatic N) is 3. The molecule has 0 saturated carbocycles. The van der Waals surface area contributed by atoms with E-state index in [1.165, 1.54) is 16.8 Å². The van der Waals surface area contributed by atoms with E-state index in [1.54, 1.807) is 0 Å². The van der Waals surface area contributed by atoms with Crippen LogP contribution in [0.15, 0.2) is 24.4 Å². The fourth-order valence-corrected chi connectivity index (χ4v) is 2.70. The Morgan fingerprint density at radius 1 is 1.32 bits per heavy atom. The summed E-state index contributed by atoms with van der Waals surface area (Å²) in [5, 5.41) is 7.79. The molecule has 1 aromatic carbocycles. The summed E-state index contributed by atoms with van der Waals surface area (Å²) in [6.07, 6.45) is 3.18. The maximum absolute atomic E-state index is 4.34. The predicted molar refractivity (Wildman–Crippen MR) is 78.7 cm³/mol. The first kappa shape index (κ1) is 12.1. The fourth-order valence-electron chi connectivity index (χ4n) is 2.70. The maximum atomic E-state index is 4.34. The Kier molecular flexibility index (Phi) is 2.93. The van der Waals surface area contributed by atoms with E-state index < -0.39 is 0 Å². The molecule has 0 radical (unpaired) electrons. The van der Waals surface area contributed by atoms with Crippen LogP contribution in [0.2, 0.25) is 0 Å². The lowest BCUT2D eigenvalue weighted by molar-refractivity contribution is 0.756. The number of nitrogens with one attached hydrogen (secondary N) is 1. The molecule has 0 aliphatic carbocycles. The summed E-state index contributed by atoms with van der Waals surface area (Å²) in [4.78, 5) is 2.32. The fraction of sp³-hybridized carbons (Fsp3) is 0.400.